The first-order valence-corrected chi connectivity index (χ1v) is 22.8. The molecule has 0 spiro atoms. The van der Waals surface area contributed by atoms with Gasteiger partial charge in [0.1, 0.15) is 11.5 Å². The highest BCUT2D eigenvalue weighted by Gasteiger charge is 2.69. The van der Waals surface area contributed by atoms with Crippen molar-refractivity contribution < 1.29 is 33.8 Å². The molecule has 318 valence electrons. The van der Waals surface area contributed by atoms with Gasteiger partial charge < -0.3 is 20.5 Å². The molecule has 2 amide bonds. The molecule has 57 heavy (non-hydrogen) atoms. The molecule has 0 aliphatic heterocycles. The molecule has 7 aliphatic carbocycles. The van der Waals surface area contributed by atoms with Gasteiger partial charge in [-0.3, -0.25) is 24.0 Å². The Morgan fingerprint density at radius 3 is 1.98 bits per heavy atom. The van der Waals surface area contributed by atoms with E-state index >= 15 is 0 Å². The molecule has 0 saturated heterocycles. The van der Waals surface area contributed by atoms with Crippen LogP contribution in [0, 0.1) is 73.9 Å². The number of carbonyl (C=O) groups is 5. The van der Waals surface area contributed by atoms with Crippen molar-refractivity contribution in [2.75, 3.05) is 0 Å². The van der Waals surface area contributed by atoms with Gasteiger partial charge in [-0.05, 0) is 135 Å². The first-order valence-electron chi connectivity index (χ1n) is 22.8. The molecular weight excluding hydrogens is 717 g/mol. The fourth-order valence-electron chi connectivity index (χ4n) is 15.0. The molecule has 3 N–H and O–H groups in total. The van der Waals surface area contributed by atoms with Gasteiger partial charge >= 0.3 is 11.9 Å². The topological polar surface area (TPSA) is 139 Å². The second-order valence-electron chi connectivity index (χ2n) is 22.8. The fourth-order valence-corrected chi connectivity index (χ4v) is 15.0. The van der Waals surface area contributed by atoms with Gasteiger partial charge in [0.25, 0.3) is 0 Å². The van der Waals surface area contributed by atoms with Crippen LogP contribution in [0.4, 0.5) is 0 Å². The van der Waals surface area contributed by atoms with Crippen LogP contribution in [-0.4, -0.2) is 52.8 Å². The van der Waals surface area contributed by atoms with E-state index in [1.807, 2.05) is 13.8 Å². The van der Waals surface area contributed by atoms with E-state index in [-0.39, 0.29) is 81.0 Å². The van der Waals surface area contributed by atoms with E-state index in [0.717, 1.165) is 82.6 Å². The zero-order chi connectivity index (χ0) is 41.8. The van der Waals surface area contributed by atoms with E-state index < -0.39 is 28.8 Å². The molecule has 0 radical (unpaired) electrons. The lowest BCUT2D eigenvalue weighted by Crippen LogP contribution is -2.65. The van der Waals surface area contributed by atoms with Crippen LogP contribution < -0.4 is 10.6 Å². The molecule has 7 rings (SSSR count). The van der Waals surface area contributed by atoms with Crippen molar-refractivity contribution in [3.8, 4) is 0 Å². The molecule has 11 atom stereocenters. The molecular formula is C48H74N2O7. The summed E-state index contributed by atoms with van der Waals surface area (Å²) < 4.78 is 6.41. The highest BCUT2D eigenvalue weighted by Crippen LogP contribution is 2.75. The maximum atomic E-state index is 14.5. The lowest BCUT2D eigenvalue weighted by molar-refractivity contribution is -0.235. The molecule has 0 bridgehead atoms. The Morgan fingerprint density at radius 2 is 1.37 bits per heavy atom. The number of nitrogens with one attached hydrogen (secondary N) is 2. The zero-order valence-corrected chi connectivity index (χ0v) is 37.1. The van der Waals surface area contributed by atoms with Crippen molar-refractivity contribution in [3.63, 3.8) is 0 Å². The summed E-state index contributed by atoms with van der Waals surface area (Å²) in [5.41, 5.74) is 0.184. The maximum Gasteiger partial charge on any atom is 0.309 e. The summed E-state index contributed by atoms with van der Waals surface area (Å²) in [6.45, 7) is 23.6. The van der Waals surface area contributed by atoms with Crippen LogP contribution in [-0.2, 0) is 28.7 Å². The standard InChI is InChI=1S/C48H74N2O7/c1-26(2)35-36-28(37(38(35)51)50-42(56)45(7,8)41(55)49-27-15-13-12-14-16-27)19-23-47(10)29(36)17-18-33-46(9)22-21-34(44(5,6)32(46)20-24-48(33,47)11)57-40(54)31-25-30(39(52)53)43(31,3)4/h26-34,37H,12-25H2,1-11H3,(H,49,55)(H,50,56)(H,52,53)/t28?,29-,30+,31-,32+,33-,34+,37+,46+,47-,48-/m1/s1. The average Bonchev–Trinajstić information content (AvgIpc) is 3.40. The van der Waals surface area contributed by atoms with E-state index in [2.05, 4.69) is 59.1 Å². The quantitative estimate of drug-likeness (QED) is 0.165. The van der Waals surface area contributed by atoms with Crippen LogP contribution in [0.25, 0.3) is 0 Å². The van der Waals surface area contributed by atoms with Gasteiger partial charge in [0, 0.05) is 17.4 Å². The highest BCUT2D eigenvalue weighted by atomic mass is 16.5. The Hall–Kier alpha value is -2.71. The van der Waals surface area contributed by atoms with Crippen LogP contribution >= 0.6 is 0 Å². The summed E-state index contributed by atoms with van der Waals surface area (Å²) in [5.74, 6) is -1.42. The van der Waals surface area contributed by atoms with Crippen LogP contribution in [0.3, 0.4) is 0 Å². The number of hydrogen-bond donors (Lipinski definition) is 3. The summed E-state index contributed by atoms with van der Waals surface area (Å²) in [6.07, 6.45) is 13.3. The minimum atomic E-state index is -1.29. The summed E-state index contributed by atoms with van der Waals surface area (Å²) in [5, 5.41) is 16.0. The summed E-state index contributed by atoms with van der Waals surface area (Å²) >= 11 is 0. The van der Waals surface area contributed by atoms with Gasteiger partial charge in [-0.25, -0.2) is 0 Å². The number of ketones is 1. The summed E-state index contributed by atoms with van der Waals surface area (Å²) in [6, 6.07) is -0.523. The first-order chi connectivity index (χ1) is 26.4. The first kappa shape index (κ1) is 42.4. The number of ether oxygens (including phenoxy) is 1. The van der Waals surface area contributed by atoms with Crippen molar-refractivity contribution in [1.29, 1.82) is 0 Å². The SMILES string of the molecule is CC(C)C1=C2C(CC[C@]3(C)[C@@H]2CC[C@@H]2[C@@]4(C)CC[C@H](OC(=O)[C@H]5C[C@@H](C(=O)O)C5(C)C)C(C)(C)[C@@H]4CC[C@]23C)[C@H](NC(=O)C(C)(C)C(=O)NC2CCCCC2)C1=O. The average molecular weight is 791 g/mol. The molecule has 0 heterocycles. The number of carboxylic acid groups (broad SMARTS) is 1. The van der Waals surface area contributed by atoms with Crippen molar-refractivity contribution in [2.45, 2.75) is 184 Å². The van der Waals surface area contributed by atoms with Crippen LogP contribution in [0.15, 0.2) is 11.1 Å². The predicted octanol–water partition coefficient (Wildman–Crippen LogP) is 8.83. The number of esters is 1. The van der Waals surface area contributed by atoms with Gasteiger partial charge in [-0.2, -0.15) is 0 Å². The number of hydrogen-bond acceptors (Lipinski definition) is 6. The minimum absolute atomic E-state index is 0.0157. The normalized spacial score (nSPS) is 41.2. The van der Waals surface area contributed by atoms with Gasteiger partial charge in [0.05, 0.1) is 17.9 Å². The largest absolute Gasteiger partial charge is 0.481 e. The zero-order valence-electron chi connectivity index (χ0n) is 37.1. The Kier molecular flexibility index (Phi) is 10.6. The molecule has 9 nitrogen and oxygen atoms in total. The van der Waals surface area contributed by atoms with Crippen molar-refractivity contribution in [1.82, 2.24) is 10.6 Å². The number of rotatable bonds is 8. The number of fused-ring (bicyclic) bond motifs is 7. The Morgan fingerprint density at radius 1 is 0.737 bits per heavy atom. The van der Waals surface area contributed by atoms with Crippen LogP contribution in [0.5, 0.6) is 0 Å². The van der Waals surface area contributed by atoms with Crippen molar-refractivity contribution >= 4 is 29.5 Å². The van der Waals surface area contributed by atoms with Crippen LogP contribution in [0.1, 0.15) is 166 Å². The Balaban J connectivity index is 1.09. The van der Waals surface area contributed by atoms with Gasteiger partial charge in [-0.1, -0.05) is 87.1 Å². The summed E-state index contributed by atoms with van der Waals surface area (Å²) in [7, 11) is 0. The minimum Gasteiger partial charge on any atom is -0.481 e. The van der Waals surface area contributed by atoms with Gasteiger partial charge in [0.2, 0.25) is 11.8 Å². The van der Waals surface area contributed by atoms with E-state index in [1.54, 1.807) is 13.8 Å². The van der Waals surface area contributed by atoms with Crippen molar-refractivity contribution in [3.05, 3.63) is 11.1 Å². The maximum absolute atomic E-state index is 14.5. The number of carboxylic acids is 1. The third kappa shape index (κ3) is 6.29. The molecule has 7 aliphatic rings. The highest BCUT2D eigenvalue weighted by molar-refractivity contribution is 6.09. The molecule has 6 saturated carbocycles. The molecule has 0 aromatic carbocycles. The molecule has 6 fully saturated rings. The van der Waals surface area contributed by atoms with E-state index in [1.165, 1.54) is 12.0 Å². The number of amides is 2. The second-order valence-corrected chi connectivity index (χ2v) is 22.8. The van der Waals surface area contributed by atoms with Crippen molar-refractivity contribution in [2.24, 2.45) is 73.9 Å². The molecule has 0 aromatic heterocycles. The molecule has 1 unspecified atom stereocenters. The Bertz CT molecular complexity index is 1720. The lowest BCUT2D eigenvalue weighted by atomic mass is 9.33. The smallest absolute Gasteiger partial charge is 0.309 e. The molecule has 0 aromatic rings. The van der Waals surface area contributed by atoms with Crippen LogP contribution in [0.2, 0.25) is 0 Å². The van der Waals surface area contributed by atoms with E-state index in [9.17, 15) is 29.1 Å². The third-order valence-electron chi connectivity index (χ3n) is 18.9. The predicted molar refractivity (Wildman–Crippen MR) is 219 cm³/mol. The lowest BCUT2D eigenvalue weighted by Gasteiger charge is -2.71. The van der Waals surface area contributed by atoms with E-state index in [0.29, 0.717) is 18.3 Å². The fraction of sp³-hybridized carbons (Fsp3) is 0.854. The number of carbonyl (C=O) groups excluding carboxylic acids is 4. The summed E-state index contributed by atoms with van der Waals surface area (Å²) in [4.78, 5) is 67.5. The molecule has 9 heteroatoms. The Labute approximate surface area is 342 Å². The van der Waals surface area contributed by atoms with Gasteiger partial charge in [-0.15, -0.1) is 0 Å². The third-order valence-corrected chi connectivity index (χ3v) is 18.9. The monoisotopic (exact) mass is 791 g/mol. The number of Topliss-reactive ketones (excluding diaryl/α,β-unsaturated/α-hetero) is 1. The van der Waals surface area contributed by atoms with E-state index in [4.69, 9.17) is 4.74 Å². The van der Waals surface area contributed by atoms with Gasteiger partial charge in [0.15, 0.2) is 5.78 Å². The second kappa shape index (κ2) is 14.2. The number of aliphatic carboxylic acids is 1.